The third-order valence-electron chi connectivity index (χ3n) is 2.04. The number of nitrogens with zero attached hydrogens (tertiary/aromatic N) is 1. The van der Waals surface area contributed by atoms with Crippen molar-refractivity contribution in [3.63, 3.8) is 0 Å². The maximum absolute atomic E-state index is 4.06. The van der Waals surface area contributed by atoms with Crippen LogP contribution in [0.2, 0.25) is 0 Å². The van der Waals surface area contributed by atoms with E-state index in [-0.39, 0.29) is 0 Å². The van der Waals surface area contributed by atoms with Crippen molar-refractivity contribution in [2.24, 2.45) is 0 Å². The van der Waals surface area contributed by atoms with Crippen molar-refractivity contribution < 1.29 is 0 Å². The molecule has 0 saturated heterocycles. The molecule has 0 bridgehead atoms. The molecule has 1 rings (SSSR count). The van der Waals surface area contributed by atoms with E-state index in [0.29, 0.717) is 6.04 Å². The van der Waals surface area contributed by atoms with Gasteiger partial charge in [0.25, 0.3) is 0 Å². The van der Waals surface area contributed by atoms with E-state index in [1.807, 2.05) is 6.07 Å². The number of hydrogen-bond acceptors (Lipinski definition) is 1. The molecule has 65 valence electrons. The average Bonchev–Trinajstić information content (AvgIpc) is 2.06. The fourth-order valence-electron chi connectivity index (χ4n) is 1.07. The summed E-state index contributed by atoms with van der Waals surface area (Å²) in [6.45, 7) is 4.06. The van der Waals surface area contributed by atoms with Gasteiger partial charge >= 0.3 is 0 Å². The highest BCUT2D eigenvalue weighted by molar-refractivity contribution is 5.16. The Hall–Kier alpha value is -0.820. The van der Waals surface area contributed by atoms with E-state index in [1.54, 1.807) is 0 Å². The first-order valence-electron chi connectivity index (χ1n) is 4.23. The Balaban J connectivity index is 2.53. The standard InChI is InChI=1S/C11H16N/c1-10(12(2)3)9-11-7-5-4-6-8-11/h4-8,10H,1,9H2,2-3H3. The van der Waals surface area contributed by atoms with Crippen LogP contribution in [0.15, 0.2) is 30.3 Å². The quantitative estimate of drug-likeness (QED) is 0.657. The van der Waals surface area contributed by atoms with Crippen molar-refractivity contribution in [1.82, 2.24) is 4.90 Å². The molecule has 0 aromatic heterocycles. The van der Waals surface area contributed by atoms with Crippen LogP contribution in [0.1, 0.15) is 5.56 Å². The largest absolute Gasteiger partial charge is 0.306 e. The molecule has 0 aliphatic carbocycles. The molecule has 1 atom stereocenters. The molecule has 1 nitrogen and oxygen atoms in total. The summed E-state index contributed by atoms with van der Waals surface area (Å²) < 4.78 is 0. The Bertz CT molecular complexity index is 216. The summed E-state index contributed by atoms with van der Waals surface area (Å²) in [6, 6.07) is 10.8. The van der Waals surface area contributed by atoms with Crippen molar-refractivity contribution in [3.05, 3.63) is 42.8 Å². The minimum absolute atomic E-state index is 0.368. The zero-order chi connectivity index (χ0) is 8.97. The second kappa shape index (κ2) is 4.27. The van der Waals surface area contributed by atoms with Gasteiger partial charge in [-0.05, 0) is 33.0 Å². The van der Waals surface area contributed by atoms with Crippen LogP contribution in [-0.2, 0) is 6.42 Å². The molecule has 1 aromatic rings. The van der Waals surface area contributed by atoms with Gasteiger partial charge in [-0.3, -0.25) is 0 Å². The predicted octanol–water partition coefficient (Wildman–Crippen LogP) is 1.99. The first kappa shape index (κ1) is 9.27. The van der Waals surface area contributed by atoms with Gasteiger partial charge in [-0.15, -0.1) is 0 Å². The summed E-state index contributed by atoms with van der Waals surface area (Å²) in [4.78, 5) is 2.13. The normalized spacial score (nSPS) is 13.3. The van der Waals surface area contributed by atoms with Crippen LogP contribution >= 0.6 is 0 Å². The predicted molar refractivity (Wildman–Crippen MR) is 53.0 cm³/mol. The Morgan fingerprint density at radius 2 is 1.83 bits per heavy atom. The summed E-state index contributed by atoms with van der Waals surface area (Å²) in [6.07, 6.45) is 1.02. The third kappa shape index (κ3) is 2.67. The zero-order valence-electron chi connectivity index (χ0n) is 7.83. The zero-order valence-corrected chi connectivity index (χ0v) is 7.83. The van der Waals surface area contributed by atoms with Gasteiger partial charge in [-0.1, -0.05) is 30.3 Å². The van der Waals surface area contributed by atoms with Gasteiger partial charge in [0, 0.05) is 6.04 Å². The summed E-state index contributed by atoms with van der Waals surface area (Å²) in [5.41, 5.74) is 1.35. The topological polar surface area (TPSA) is 3.24 Å². The molecule has 1 radical (unpaired) electrons. The Morgan fingerprint density at radius 1 is 1.25 bits per heavy atom. The molecule has 0 aliphatic rings. The SMILES string of the molecule is [CH2]C(Cc1ccccc1)N(C)C. The lowest BCUT2D eigenvalue weighted by Gasteiger charge is -2.19. The molecule has 0 N–H and O–H groups in total. The molecule has 0 aliphatic heterocycles. The molecular weight excluding hydrogens is 146 g/mol. The molecule has 1 aromatic carbocycles. The lowest BCUT2D eigenvalue weighted by molar-refractivity contribution is 0.339. The van der Waals surface area contributed by atoms with Gasteiger partial charge in [-0.25, -0.2) is 0 Å². The molecule has 1 unspecified atom stereocenters. The van der Waals surface area contributed by atoms with Gasteiger partial charge in [0.1, 0.15) is 0 Å². The second-order valence-electron chi connectivity index (χ2n) is 3.31. The van der Waals surface area contributed by atoms with Gasteiger partial charge < -0.3 is 4.90 Å². The third-order valence-corrected chi connectivity index (χ3v) is 2.04. The monoisotopic (exact) mass is 162 g/mol. The molecule has 0 saturated carbocycles. The molecule has 0 spiro atoms. The highest BCUT2D eigenvalue weighted by Crippen LogP contribution is 2.04. The summed E-state index contributed by atoms with van der Waals surface area (Å²) in [5, 5.41) is 0. The van der Waals surface area contributed by atoms with Crippen LogP contribution in [-0.4, -0.2) is 25.0 Å². The van der Waals surface area contributed by atoms with Gasteiger partial charge in [0.2, 0.25) is 0 Å². The molecular formula is C11H16N. The van der Waals surface area contributed by atoms with E-state index in [4.69, 9.17) is 0 Å². The molecule has 12 heavy (non-hydrogen) atoms. The average molecular weight is 162 g/mol. The molecule has 1 heteroatoms. The van der Waals surface area contributed by atoms with Gasteiger partial charge in [-0.2, -0.15) is 0 Å². The second-order valence-corrected chi connectivity index (χ2v) is 3.31. The minimum Gasteiger partial charge on any atom is -0.306 e. The van der Waals surface area contributed by atoms with Crippen molar-refractivity contribution >= 4 is 0 Å². The van der Waals surface area contributed by atoms with Crippen LogP contribution in [0, 0.1) is 6.92 Å². The van der Waals surface area contributed by atoms with Crippen LogP contribution in [0.25, 0.3) is 0 Å². The number of likely N-dealkylation sites (N-methyl/N-ethyl adjacent to an activating group) is 1. The minimum atomic E-state index is 0.368. The first-order valence-corrected chi connectivity index (χ1v) is 4.23. The lowest BCUT2D eigenvalue weighted by Crippen LogP contribution is -2.26. The van der Waals surface area contributed by atoms with Crippen LogP contribution in [0.5, 0.6) is 0 Å². The van der Waals surface area contributed by atoms with Crippen molar-refractivity contribution in [3.8, 4) is 0 Å². The highest BCUT2D eigenvalue weighted by Gasteiger charge is 2.04. The molecule has 0 fully saturated rings. The summed E-state index contributed by atoms with van der Waals surface area (Å²) in [5.74, 6) is 0. The Kier molecular flexibility index (Phi) is 3.30. The van der Waals surface area contributed by atoms with Crippen molar-refractivity contribution in [2.75, 3.05) is 14.1 Å². The van der Waals surface area contributed by atoms with Crippen LogP contribution < -0.4 is 0 Å². The van der Waals surface area contributed by atoms with Crippen LogP contribution in [0.4, 0.5) is 0 Å². The first-order chi connectivity index (χ1) is 5.70. The van der Waals surface area contributed by atoms with E-state index >= 15 is 0 Å². The maximum atomic E-state index is 4.06. The maximum Gasteiger partial charge on any atom is 0.0130 e. The summed E-state index contributed by atoms with van der Waals surface area (Å²) in [7, 11) is 4.11. The summed E-state index contributed by atoms with van der Waals surface area (Å²) >= 11 is 0. The molecule has 0 amide bonds. The van der Waals surface area contributed by atoms with Crippen LogP contribution in [0.3, 0.4) is 0 Å². The smallest absolute Gasteiger partial charge is 0.0130 e. The van der Waals surface area contributed by atoms with E-state index in [2.05, 4.69) is 50.2 Å². The fraction of sp³-hybridized carbons (Fsp3) is 0.364. The van der Waals surface area contributed by atoms with E-state index in [0.717, 1.165) is 6.42 Å². The van der Waals surface area contributed by atoms with Gasteiger partial charge in [0.15, 0.2) is 0 Å². The Labute approximate surface area is 75.0 Å². The van der Waals surface area contributed by atoms with E-state index in [1.165, 1.54) is 5.56 Å². The van der Waals surface area contributed by atoms with Crippen molar-refractivity contribution in [2.45, 2.75) is 12.5 Å². The molecule has 0 heterocycles. The highest BCUT2D eigenvalue weighted by atomic mass is 15.1. The number of rotatable bonds is 3. The van der Waals surface area contributed by atoms with E-state index in [9.17, 15) is 0 Å². The number of benzene rings is 1. The lowest BCUT2D eigenvalue weighted by atomic mass is 10.1. The fourth-order valence-corrected chi connectivity index (χ4v) is 1.07. The number of hydrogen-bond donors (Lipinski definition) is 0. The van der Waals surface area contributed by atoms with Gasteiger partial charge in [0.05, 0.1) is 0 Å². The Morgan fingerprint density at radius 3 is 2.33 bits per heavy atom. The van der Waals surface area contributed by atoms with Crippen molar-refractivity contribution in [1.29, 1.82) is 0 Å². The van der Waals surface area contributed by atoms with E-state index < -0.39 is 0 Å².